The second-order valence-electron chi connectivity index (χ2n) is 4.95. The maximum Gasteiger partial charge on any atom is 0.416 e. The number of aromatic nitrogens is 3. The molecule has 0 aliphatic carbocycles. The molecule has 1 N–H and O–H groups in total. The summed E-state index contributed by atoms with van der Waals surface area (Å²) in [4.78, 5) is 0. The van der Waals surface area contributed by atoms with Crippen LogP contribution in [0.4, 0.5) is 13.2 Å². The molecule has 0 bridgehead atoms. The molecule has 22 heavy (non-hydrogen) atoms. The zero-order valence-electron chi connectivity index (χ0n) is 12.1. The van der Waals surface area contributed by atoms with E-state index in [1.807, 2.05) is 6.92 Å². The first kappa shape index (κ1) is 16.8. The number of aliphatic hydroxyl groups is 1. The van der Waals surface area contributed by atoms with Crippen molar-refractivity contribution in [2.75, 3.05) is 5.75 Å². The van der Waals surface area contributed by atoms with Crippen LogP contribution in [0.3, 0.4) is 0 Å². The van der Waals surface area contributed by atoms with Crippen molar-refractivity contribution in [2.24, 2.45) is 7.05 Å². The van der Waals surface area contributed by atoms with Crippen LogP contribution in [-0.4, -0.2) is 25.6 Å². The lowest BCUT2D eigenvalue weighted by atomic mass is 10.0. The third kappa shape index (κ3) is 3.80. The van der Waals surface area contributed by atoms with Crippen molar-refractivity contribution in [3.8, 4) is 0 Å². The Morgan fingerprint density at radius 2 is 1.86 bits per heavy atom. The molecule has 0 unspecified atom stereocenters. The van der Waals surface area contributed by atoms with E-state index >= 15 is 0 Å². The molecule has 1 atom stereocenters. The molecule has 0 saturated carbocycles. The number of hydrogen-bond donors (Lipinski definition) is 1. The minimum Gasteiger partial charge on any atom is -0.388 e. The minimum absolute atomic E-state index is 0.0709. The standard InChI is InChI=1S/C14H16F3N3OS/c1-9(8-22-13-19-18-12(7-21)20(13)2)10-3-5-11(6-4-10)14(15,16)17/h3-6,9,21H,7-8H2,1-2H3/t9-/m1/s1. The van der Waals surface area contributed by atoms with Crippen molar-refractivity contribution in [3.05, 3.63) is 41.2 Å². The topological polar surface area (TPSA) is 50.9 Å². The molecule has 2 rings (SSSR count). The SMILES string of the molecule is C[C@H](CSc1nnc(CO)n1C)c1ccc(C(F)(F)F)cc1. The average Bonchev–Trinajstić information content (AvgIpc) is 2.84. The second-order valence-corrected chi connectivity index (χ2v) is 5.93. The molecule has 4 nitrogen and oxygen atoms in total. The molecular formula is C14H16F3N3OS. The van der Waals surface area contributed by atoms with Gasteiger partial charge in [-0.25, -0.2) is 0 Å². The van der Waals surface area contributed by atoms with Gasteiger partial charge in [0.2, 0.25) is 0 Å². The molecule has 0 saturated heterocycles. The molecule has 0 amide bonds. The highest BCUT2D eigenvalue weighted by Gasteiger charge is 2.30. The van der Waals surface area contributed by atoms with Crippen molar-refractivity contribution in [2.45, 2.75) is 30.8 Å². The zero-order valence-corrected chi connectivity index (χ0v) is 12.9. The van der Waals surface area contributed by atoms with Crippen LogP contribution in [0, 0.1) is 0 Å². The highest BCUT2D eigenvalue weighted by atomic mass is 32.2. The van der Waals surface area contributed by atoms with Crippen LogP contribution in [0.1, 0.15) is 29.8 Å². The van der Waals surface area contributed by atoms with E-state index in [1.165, 1.54) is 23.9 Å². The Morgan fingerprint density at radius 1 is 1.23 bits per heavy atom. The van der Waals surface area contributed by atoms with Gasteiger partial charge in [-0.05, 0) is 23.6 Å². The quantitative estimate of drug-likeness (QED) is 0.855. The molecule has 0 fully saturated rings. The summed E-state index contributed by atoms with van der Waals surface area (Å²) in [6.45, 7) is 1.76. The maximum atomic E-state index is 12.5. The Bertz CT molecular complexity index is 625. The number of rotatable bonds is 5. The molecule has 8 heteroatoms. The van der Waals surface area contributed by atoms with Crippen LogP contribution < -0.4 is 0 Å². The smallest absolute Gasteiger partial charge is 0.388 e. The van der Waals surface area contributed by atoms with Gasteiger partial charge < -0.3 is 9.67 Å². The van der Waals surface area contributed by atoms with Gasteiger partial charge in [-0.1, -0.05) is 30.8 Å². The maximum absolute atomic E-state index is 12.5. The summed E-state index contributed by atoms with van der Waals surface area (Å²) >= 11 is 1.45. The predicted octanol–water partition coefficient (Wildman–Crippen LogP) is 3.22. The predicted molar refractivity (Wildman–Crippen MR) is 77.5 cm³/mol. The van der Waals surface area contributed by atoms with Gasteiger partial charge in [0.25, 0.3) is 0 Å². The second kappa shape index (κ2) is 6.70. The summed E-state index contributed by atoms with van der Waals surface area (Å²) in [5, 5.41) is 17.5. The molecule has 0 aliphatic heterocycles. The van der Waals surface area contributed by atoms with Crippen LogP contribution in [0.25, 0.3) is 0 Å². The third-order valence-electron chi connectivity index (χ3n) is 3.34. The van der Waals surface area contributed by atoms with Crippen molar-refractivity contribution >= 4 is 11.8 Å². The van der Waals surface area contributed by atoms with Crippen molar-refractivity contribution in [1.29, 1.82) is 0 Å². The molecule has 1 aromatic heterocycles. The molecule has 1 aromatic carbocycles. The fraction of sp³-hybridized carbons (Fsp3) is 0.429. The van der Waals surface area contributed by atoms with Crippen LogP contribution in [0.2, 0.25) is 0 Å². The minimum atomic E-state index is -4.31. The van der Waals surface area contributed by atoms with E-state index in [0.717, 1.165) is 17.7 Å². The van der Waals surface area contributed by atoms with Crippen molar-refractivity contribution in [3.63, 3.8) is 0 Å². The highest BCUT2D eigenvalue weighted by Crippen LogP contribution is 2.31. The van der Waals surface area contributed by atoms with Crippen LogP contribution >= 0.6 is 11.8 Å². The lowest BCUT2D eigenvalue weighted by molar-refractivity contribution is -0.137. The molecule has 0 aliphatic rings. The van der Waals surface area contributed by atoms with Crippen LogP contribution in [-0.2, 0) is 19.8 Å². The molecule has 1 heterocycles. The van der Waals surface area contributed by atoms with Gasteiger partial charge in [0.1, 0.15) is 6.61 Å². The first-order valence-electron chi connectivity index (χ1n) is 6.62. The molecular weight excluding hydrogens is 315 g/mol. The fourth-order valence-corrected chi connectivity index (χ4v) is 2.89. The Kier molecular flexibility index (Phi) is 5.12. The van der Waals surface area contributed by atoms with Gasteiger partial charge >= 0.3 is 6.18 Å². The summed E-state index contributed by atoms with van der Waals surface area (Å²) in [5.74, 6) is 1.20. The first-order chi connectivity index (χ1) is 10.3. The number of thioether (sulfide) groups is 1. The number of alkyl halides is 3. The van der Waals surface area contributed by atoms with Crippen LogP contribution in [0.15, 0.2) is 29.4 Å². The molecule has 2 aromatic rings. The van der Waals surface area contributed by atoms with Gasteiger partial charge in [0.05, 0.1) is 5.56 Å². The summed E-state index contributed by atoms with van der Waals surface area (Å²) in [6, 6.07) is 5.21. The van der Waals surface area contributed by atoms with Gasteiger partial charge in [0, 0.05) is 12.8 Å². The van der Waals surface area contributed by atoms with Gasteiger partial charge in [-0.2, -0.15) is 13.2 Å². The number of benzene rings is 1. The summed E-state index contributed by atoms with van der Waals surface area (Å²) in [6.07, 6.45) is -4.31. The van der Waals surface area contributed by atoms with Crippen molar-refractivity contribution in [1.82, 2.24) is 14.8 Å². The normalized spacial score (nSPS) is 13.4. The van der Waals surface area contributed by atoms with Crippen LogP contribution in [0.5, 0.6) is 0 Å². The summed E-state index contributed by atoms with van der Waals surface area (Å²) in [5.41, 5.74) is 0.196. The Labute approximate surface area is 130 Å². The highest BCUT2D eigenvalue weighted by molar-refractivity contribution is 7.99. The van der Waals surface area contributed by atoms with E-state index in [2.05, 4.69) is 10.2 Å². The molecule has 0 radical (unpaired) electrons. The number of hydrogen-bond acceptors (Lipinski definition) is 4. The van der Waals surface area contributed by atoms with Crippen molar-refractivity contribution < 1.29 is 18.3 Å². The lowest BCUT2D eigenvalue weighted by Crippen LogP contribution is -2.05. The number of halogens is 3. The molecule has 0 spiro atoms. The Morgan fingerprint density at radius 3 is 2.36 bits per heavy atom. The van der Waals surface area contributed by atoms with Gasteiger partial charge in [-0.3, -0.25) is 0 Å². The molecule has 120 valence electrons. The summed E-state index contributed by atoms with van der Waals surface area (Å²) in [7, 11) is 1.76. The average molecular weight is 331 g/mol. The number of aliphatic hydroxyl groups excluding tert-OH is 1. The van der Waals surface area contributed by atoms with E-state index in [9.17, 15) is 13.2 Å². The van der Waals surface area contributed by atoms with Gasteiger partial charge in [-0.15, -0.1) is 10.2 Å². The monoisotopic (exact) mass is 331 g/mol. The Hall–Kier alpha value is -1.54. The summed E-state index contributed by atoms with van der Waals surface area (Å²) < 4.78 is 39.3. The Balaban J connectivity index is 2.00. The largest absolute Gasteiger partial charge is 0.416 e. The zero-order chi connectivity index (χ0) is 16.3. The third-order valence-corrected chi connectivity index (χ3v) is 4.62. The van der Waals surface area contributed by atoms with E-state index in [0.29, 0.717) is 16.7 Å². The van der Waals surface area contributed by atoms with E-state index in [1.54, 1.807) is 11.6 Å². The lowest BCUT2D eigenvalue weighted by Gasteiger charge is -2.13. The van der Waals surface area contributed by atoms with E-state index < -0.39 is 11.7 Å². The van der Waals surface area contributed by atoms with E-state index in [4.69, 9.17) is 5.11 Å². The van der Waals surface area contributed by atoms with E-state index in [-0.39, 0.29) is 12.5 Å². The number of nitrogens with zero attached hydrogens (tertiary/aromatic N) is 3. The van der Waals surface area contributed by atoms with Gasteiger partial charge in [0.15, 0.2) is 11.0 Å². The fourth-order valence-electron chi connectivity index (χ4n) is 1.90. The first-order valence-corrected chi connectivity index (χ1v) is 7.60.